The van der Waals surface area contributed by atoms with Crippen LogP contribution in [0.15, 0.2) is 60.3 Å². The minimum atomic E-state index is -0.656. The largest absolute Gasteiger partial charge is 0.507 e. The molecule has 1 atom stereocenters. The quantitative estimate of drug-likeness (QED) is 0.345. The van der Waals surface area contributed by atoms with Gasteiger partial charge in [-0.05, 0) is 50.6 Å². The van der Waals surface area contributed by atoms with Gasteiger partial charge in [-0.2, -0.15) is 0 Å². The Morgan fingerprint density at radius 3 is 2.44 bits per heavy atom. The molecular formula is C26H28N2O4. The van der Waals surface area contributed by atoms with Gasteiger partial charge in [-0.15, -0.1) is 0 Å². The van der Waals surface area contributed by atoms with Gasteiger partial charge in [0.05, 0.1) is 17.7 Å². The smallest absolute Gasteiger partial charge is 0.295 e. The molecule has 6 nitrogen and oxygen atoms in total. The van der Waals surface area contributed by atoms with Crippen molar-refractivity contribution in [2.45, 2.75) is 39.3 Å². The molecule has 1 fully saturated rings. The molecular weight excluding hydrogens is 404 g/mol. The van der Waals surface area contributed by atoms with Crippen LogP contribution in [0.3, 0.4) is 0 Å². The van der Waals surface area contributed by atoms with Gasteiger partial charge in [-0.3, -0.25) is 9.59 Å². The predicted octanol–water partition coefficient (Wildman–Crippen LogP) is 4.80. The summed E-state index contributed by atoms with van der Waals surface area (Å²) in [7, 11) is 1.94. The van der Waals surface area contributed by atoms with Crippen molar-refractivity contribution in [1.82, 2.24) is 9.47 Å². The first kappa shape index (κ1) is 21.7. The molecule has 1 aromatic heterocycles. The van der Waals surface area contributed by atoms with E-state index in [0.29, 0.717) is 24.3 Å². The van der Waals surface area contributed by atoms with Gasteiger partial charge in [0.2, 0.25) is 0 Å². The number of ketones is 1. The van der Waals surface area contributed by atoms with Gasteiger partial charge in [0.25, 0.3) is 11.7 Å². The number of hydrogen-bond acceptors (Lipinski definition) is 4. The number of para-hydroxylation sites is 1. The Labute approximate surface area is 187 Å². The number of ether oxygens (including phenoxy) is 1. The zero-order valence-electron chi connectivity index (χ0n) is 18.8. The third-order valence-electron chi connectivity index (χ3n) is 5.73. The number of carbonyl (C=O) groups excluding carboxylic acids is 2. The molecule has 2 aromatic carbocycles. The van der Waals surface area contributed by atoms with Crippen LogP contribution in [0.4, 0.5) is 0 Å². The van der Waals surface area contributed by atoms with Crippen LogP contribution < -0.4 is 4.74 Å². The minimum absolute atomic E-state index is 0.0279. The summed E-state index contributed by atoms with van der Waals surface area (Å²) in [6, 6.07) is 14.1. The van der Waals surface area contributed by atoms with E-state index in [-0.39, 0.29) is 17.4 Å². The maximum absolute atomic E-state index is 13.1. The summed E-state index contributed by atoms with van der Waals surface area (Å²) >= 11 is 0. The molecule has 1 saturated heterocycles. The summed E-state index contributed by atoms with van der Waals surface area (Å²) < 4.78 is 7.65. The number of aliphatic hydroxyl groups is 1. The number of aryl methyl sites for hydroxylation is 1. The van der Waals surface area contributed by atoms with Crippen molar-refractivity contribution in [2.75, 3.05) is 6.54 Å². The minimum Gasteiger partial charge on any atom is -0.507 e. The lowest BCUT2D eigenvalue weighted by atomic mass is 9.95. The highest BCUT2D eigenvalue weighted by molar-refractivity contribution is 6.46. The van der Waals surface area contributed by atoms with E-state index in [0.717, 1.165) is 16.5 Å². The van der Waals surface area contributed by atoms with Gasteiger partial charge >= 0.3 is 0 Å². The zero-order chi connectivity index (χ0) is 23.0. The van der Waals surface area contributed by atoms with E-state index < -0.39 is 17.7 Å². The Morgan fingerprint density at radius 2 is 1.78 bits per heavy atom. The van der Waals surface area contributed by atoms with Gasteiger partial charge in [-0.25, -0.2) is 0 Å². The summed E-state index contributed by atoms with van der Waals surface area (Å²) in [4.78, 5) is 27.6. The number of hydrogen-bond donors (Lipinski definition) is 1. The summed E-state index contributed by atoms with van der Waals surface area (Å²) in [5, 5.41) is 12.2. The molecule has 0 saturated carbocycles. The highest BCUT2D eigenvalue weighted by Crippen LogP contribution is 2.42. The van der Waals surface area contributed by atoms with E-state index in [1.165, 1.54) is 0 Å². The van der Waals surface area contributed by atoms with E-state index >= 15 is 0 Å². The molecule has 1 amide bonds. The van der Waals surface area contributed by atoms with Crippen molar-refractivity contribution >= 4 is 28.4 Å². The maximum atomic E-state index is 13.1. The third kappa shape index (κ3) is 3.66. The second kappa shape index (κ2) is 8.54. The van der Waals surface area contributed by atoms with E-state index in [1.54, 1.807) is 29.2 Å². The van der Waals surface area contributed by atoms with Crippen LogP contribution in [0.2, 0.25) is 0 Å². The molecule has 166 valence electrons. The molecule has 1 unspecified atom stereocenters. The number of likely N-dealkylation sites (tertiary alicyclic amines) is 1. The molecule has 0 radical (unpaired) electrons. The lowest BCUT2D eigenvalue weighted by Gasteiger charge is -2.24. The number of aromatic nitrogens is 1. The van der Waals surface area contributed by atoms with Gasteiger partial charge in [0, 0.05) is 41.8 Å². The van der Waals surface area contributed by atoms with Crippen molar-refractivity contribution in [3.8, 4) is 5.75 Å². The molecule has 3 aromatic rings. The molecule has 0 bridgehead atoms. The molecule has 2 heterocycles. The summed E-state index contributed by atoms with van der Waals surface area (Å²) in [6.07, 6.45) is 2.67. The molecule has 1 aliphatic heterocycles. The summed E-state index contributed by atoms with van der Waals surface area (Å²) in [6.45, 7) is 6.27. The van der Waals surface area contributed by atoms with Gasteiger partial charge in [0.1, 0.15) is 11.5 Å². The molecule has 0 spiro atoms. The first-order chi connectivity index (χ1) is 15.3. The Balaban J connectivity index is 1.88. The number of benzene rings is 2. The van der Waals surface area contributed by atoms with Crippen LogP contribution in [0.1, 0.15) is 44.4 Å². The van der Waals surface area contributed by atoms with Gasteiger partial charge < -0.3 is 19.3 Å². The highest BCUT2D eigenvalue weighted by Gasteiger charge is 2.46. The SMILES string of the molecule is CCCN1C(=O)C(=O)/C(=C(/O)c2ccc(OC(C)C)cc2)C1c1cn(C)c2ccccc12. The second-order valence-electron chi connectivity index (χ2n) is 8.40. The van der Waals surface area contributed by atoms with E-state index in [2.05, 4.69) is 0 Å². The Hall–Kier alpha value is -3.54. The van der Waals surface area contributed by atoms with Crippen LogP contribution >= 0.6 is 0 Å². The Kier molecular flexibility index (Phi) is 5.78. The average Bonchev–Trinajstić information content (AvgIpc) is 3.23. The van der Waals surface area contributed by atoms with E-state index in [9.17, 15) is 14.7 Å². The van der Waals surface area contributed by atoms with Crippen molar-refractivity contribution in [2.24, 2.45) is 7.05 Å². The van der Waals surface area contributed by atoms with Gasteiger partial charge in [-0.1, -0.05) is 25.1 Å². The highest BCUT2D eigenvalue weighted by atomic mass is 16.5. The van der Waals surface area contributed by atoms with Crippen molar-refractivity contribution in [1.29, 1.82) is 0 Å². The number of amides is 1. The summed E-state index contributed by atoms with van der Waals surface area (Å²) in [5.74, 6) is -0.730. The van der Waals surface area contributed by atoms with Crippen LogP contribution in [0.25, 0.3) is 16.7 Å². The Bertz CT molecular complexity index is 1200. The number of nitrogens with zero attached hydrogens (tertiary/aromatic N) is 2. The molecule has 1 aliphatic rings. The van der Waals surface area contributed by atoms with E-state index in [4.69, 9.17) is 4.74 Å². The molecule has 32 heavy (non-hydrogen) atoms. The van der Waals surface area contributed by atoms with Crippen LogP contribution in [0, 0.1) is 0 Å². The number of carbonyl (C=O) groups is 2. The van der Waals surface area contributed by atoms with Crippen LogP contribution in [-0.2, 0) is 16.6 Å². The van der Waals surface area contributed by atoms with E-state index in [1.807, 2.05) is 62.8 Å². The van der Waals surface area contributed by atoms with Crippen LogP contribution in [0.5, 0.6) is 5.75 Å². The van der Waals surface area contributed by atoms with Crippen molar-refractivity contribution in [3.05, 3.63) is 71.4 Å². The number of fused-ring (bicyclic) bond motifs is 1. The number of aliphatic hydroxyl groups excluding tert-OH is 1. The first-order valence-electron chi connectivity index (χ1n) is 10.9. The topological polar surface area (TPSA) is 71.8 Å². The predicted molar refractivity (Wildman–Crippen MR) is 124 cm³/mol. The molecule has 0 aliphatic carbocycles. The lowest BCUT2D eigenvalue weighted by molar-refractivity contribution is -0.139. The van der Waals surface area contributed by atoms with Gasteiger partial charge in [0.15, 0.2) is 0 Å². The number of rotatable bonds is 6. The summed E-state index contributed by atoms with van der Waals surface area (Å²) in [5.41, 5.74) is 2.43. The lowest BCUT2D eigenvalue weighted by Crippen LogP contribution is -2.30. The molecule has 6 heteroatoms. The monoisotopic (exact) mass is 432 g/mol. The molecule has 1 N–H and O–H groups in total. The fourth-order valence-electron chi connectivity index (χ4n) is 4.38. The number of Topliss-reactive ketones (excluding diaryl/α,β-unsaturated/α-hetero) is 1. The zero-order valence-corrected chi connectivity index (χ0v) is 18.8. The fraction of sp³-hybridized carbons (Fsp3) is 0.308. The first-order valence-corrected chi connectivity index (χ1v) is 10.9. The second-order valence-corrected chi connectivity index (χ2v) is 8.40. The van der Waals surface area contributed by atoms with Crippen molar-refractivity contribution < 1.29 is 19.4 Å². The maximum Gasteiger partial charge on any atom is 0.295 e. The third-order valence-corrected chi connectivity index (χ3v) is 5.73. The molecule has 4 rings (SSSR count). The van der Waals surface area contributed by atoms with Crippen molar-refractivity contribution in [3.63, 3.8) is 0 Å². The van der Waals surface area contributed by atoms with Crippen LogP contribution in [-0.4, -0.2) is 38.9 Å². The Morgan fingerprint density at radius 1 is 1.09 bits per heavy atom. The average molecular weight is 433 g/mol. The standard InChI is InChI=1S/C26H28N2O4/c1-5-14-28-23(20-15-27(4)21-9-7-6-8-19(20)21)22(25(30)26(28)31)24(29)17-10-12-18(13-11-17)32-16(2)3/h6-13,15-16,23,29H,5,14H2,1-4H3/b24-22+. The normalized spacial score (nSPS) is 18.2. The fourth-order valence-corrected chi connectivity index (χ4v) is 4.38.